The fraction of sp³-hybridized carbons (Fsp3) is 0.429. The zero-order chi connectivity index (χ0) is 14.3. The first-order valence-electron chi connectivity index (χ1n) is 6.36. The Morgan fingerprint density at radius 1 is 1.21 bits per heavy atom. The van der Waals surface area contributed by atoms with Crippen molar-refractivity contribution in [3.05, 3.63) is 29.8 Å². The Kier molecular flexibility index (Phi) is 6.02. The van der Waals surface area contributed by atoms with E-state index < -0.39 is 11.8 Å². The van der Waals surface area contributed by atoms with E-state index in [1.807, 2.05) is 26.0 Å². The van der Waals surface area contributed by atoms with Crippen LogP contribution in [0.1, 0.15) is 25.3 Å². The van der Waals surface area contributed by atoms with Gasteiger partial charge >= 0.3 is 11.8 Å². The molecule has 0 aliphatic rings. The molecule has 5 heteroatoms. The van der Waals surface area contributed by atoms with Gasteiger partial charge in [0.15, 0.2) is 0 Å². The lowest BCUT2D eigenvalue weighted by Gasteiger charge is -2.15. The second kappa shape index (κ2) is 7.53. The number of hydrogen-bond acceptors (Lipinski definition) is 3. The van der Waals surface area contributed by atoms with Crippen molar-refractivity contribution in [2.75, 3.05) is 11.9 Å². The second-order valence-corrected chi connectivity index (χ2v) is 4.41. The Labute approximate surface area is 113 Å². The van der Waals surface area contributed by atoms with Crippen LogP contribution in [0.25, 0.3) is 0 Å². The third-order valence-corrected chi connectivity index (χ3v) is 2.82. The Hall–Kier alpha value is -1.88. The Morgan fingerprint density at radius 2 is 1.84 bits per heavy atom. The van der Waals surface area contributed by atoms with Gasteiger partial charge in [0, 0.05) is 18.3 Å². The summed E-state index contributed by atoms with van der Waals surface area (Å²) in [7, 11) is 0. The summed E-state index contributed by atoms with van der Waals surface area (Å²) in [6.45, 7) is 3.82. The van der Waals surface area contributed by atoms with Crippen molar-refractivity contribution in [3.63, 3.8) is 0 Å². The highest BCUT2D eigenvalue weighted by atomic mass is 16.3. The summed E-state index contributed by atoms with van der Waals surface area (Å²) in [5, 5.41) is 13.9. The van der Waals surface area contributed by atoms with Crippen molar-refractivity contribution < 1.29 is 14.7 Å². The first-order chi connectivity index (χ1) is 9.06. The summed E-state index contributed by atoms with van der Waals surface area (Å²) >= 11 is 0. The summed E-state index contributed by atoms with van der Waals surface area (Å²) in [6.07, 6.45) is 1.12. The second-order valence-electron chi connectivity index (χ2n) is 4.41. The van der Waals surface area contributed by atoms with Gasteiger partial charge in [-0.05, 0) is 31.9 Å². The molecular weight excluding hydrogens is 244 g/mol. The number of anilines is 1. The topological polar surface area (TPSA) is 78.4 Å². The van der Waals surface area contributed by atoms with Gasteiger partial charge in [0.05, 0.1) is 0 Å². The molecule has 5 nitrogen and oxygen atoms in total. The molecule has 0 aliphatic heterocycles. The molecular formula is C14H20N2O3. The molecule has 3 N–H and O–H groups in total. The third kappa shape index (κ3) is 5.09. The molecule has 2 amide bonds. The van der Waals surface area contributed by atoms with E-state index in [0.29, 0.717) is 18.5 Å². The van der Waals surface area contributed by atoms with Crippen LogP contribution in [0.3, 0.4) is 0 Å². The monoisotopic (exact) mass is 264 g/mol. The lowest BCUT2D eigenvalue weighted by Crippen LogP contribution is -2.42. The normalized spacial score (nSPS) is 11.7. The predicted octanol–water partition coefficient (Wildman–Crippen LogP) is 1.21. The first-order valence-corrected chi connectivity index (χ1v) is 6.36. The third-order valence-electron chi connectivity index (χ3n) is 2.82. The number of carbonyl (C=O) groups excluding carboxylic acids is 2. The number of hydrogen-bond donors (Lipinski definition) is 3. The summed E-state index contributed by atoms with van der Waals surface area (Å²) < 4.78 is 0. The molecule has 104 valence electrons. The van der Waals surface area contributed by atoms with Crippen LogP contribution >= 0.6 is 0 Å². The zero-order valence-corrected chi connectivity index (χ0v) is 11.3. The molecule has 19 heavy (non-hydrogen) atoms. The van der Waals surface area contributed by atoms with E-state index in [2.05, 4.69) is 10.6 Å². The largest absolute Gasteiger partial charge is 0.396 e. The van der Waals surface area contributed by atoms with Gasteiger partial charge < -0.3 is 15.7 Å². The highest BCUT2D eigenvalue weighted by molar-refractivity contribution is 6.39. The lowest BCUT2D eigenvalue weighted by molar-refractivity contribution is -0.136. The summed E-state index contributed by atoms with van der Waals surface area (Å²) in [5.74, 6) is -1.37. The first kappa shape index (κ1) is 15.2. The maximum atomic E-state index is 11.7. The summed E-state index contributed by atoms with van der Waals surface area (Å²) in [5.41, 5.74) is 1.66. The van der Waals surface area contributed by atoms with E-state index >= 15 is 0 Å². The summed E-state index contributed by atoms with van der Waals surface area (Å²) in [6, 6.07) is 7.01. The van der Waals surface area contributed by atoms with Gasteiger partial charge in [-0.1, -0.05) is 24.6 Å². The van der Waals surface area contributed by atoms with E-state index in [-0.39, 0.29) is 12.6 Å². The van der Waals surface area contributed by atoms with Gasteiger partial charge in [0.2, 0.25) is 0 Å². The highest BCUT2D eigenvalue weighted by Gasteiger charge is 2.17. The molecule has 0 aromatic heterocycles. The van der Waals surface area contributed by atoms with Crippen LogP contribution in [-0.4, -0.2) is 29.6 Å². The smallest absolute Gasteiger partial charge is 0.313 e. The van der Waals surface area contributed by atoms with E-state index in [0.717, 1.165) is 5.56 Å². The molecule has 0 spiro atoms. The molecule has 1 unspecified atom stereocenters. The van der Waals surface area contributed by atoms with E-state index in [1.54, 1.807) is 12.1 Å². The number of benzene rings is 1. The quantitative estimate of drug-likeness (QED) is 0.699. The van der Waals surface area contributed by atoms with E-state index in [9.17, 15) is 9.59 Å². The van der Waals surface area contributed by atoms with Crippen molar-refractivity contribution in [1.82, 2.24) is 5.32 Å². The average molecular weight is 264 g/mol. The number of amides is 2. The molecule has 0 bridgehead atoms. The standard InChI is InChI=1S/C14H20N2O3/c1-3-11(8-9-17)15-13(18)14(19)16-12-6-4-10(2)5-7-12/h4-7,11,17H,3,8-9H2,1-2H3,(H,15,18)(H,16,19). The number of aryl methyl sites for hydroxylation is 1. The fourth-order valence-electron chi connectivity index (χ4n) is 1.61. The van der Waals surface area contributed by atoms with Crippen LogP contribution in [-0.2, 0) is 9.59 Å². The molecule has 0 radical (unpaired) electrons. The van der Waals surface area contributed by atoms with E-state index in [1.165, 1.54) is 0 Å². The van der Waals surface area contributed by atoms with E-state index in [4.69, 9.17) is 5.11 Å². The number of nitrogens with one attached hydrogen (secondary N) is 2. The molecule has 0 aliphatic carbocycles. The number of rotatable bonds is 5. The minimum absolute atomic E-state index is 0.0155. The maximum Gasteiger partial charge on any atom is 0.313 e. The van der Waals surface area contributed by atoms with Crippen molar-refractivity contribution in [1.29, 1.82) is 0 Å². The predicted molar refractivity (Wildman–Crippen MR) is 73.7 cm³/mol. The molecule has 0 fully saturated rings. The highest BCUT2D eigenvalue weighted by Crippen LogP contribution is 2.08. The van der Waals surface area contributed by atoms with Gasteiger partial charge in [-0.2, -0.15) is 0 Å². The number of aliphatic hydroxyl groups is 1. The molecule has 1 aromatic rings. The molecule has 0 saturated carbocycles. The Bertz CT molecular complexity index is 429. The Balaban J connectivity index is 2.52. The lowest BCUT2D eigenvalue weighted by atomic mass is 10.1. The summed E-state index contributed by atoms with van der Waals surface area (Å²) in [4.78, 5) is 23.3. The van der Waals surface area contributed by atoms with Crippen molar-refractivity contribution >= 4 is 17.5 Å². The van der Waals surface area contributed by atoms with Crippen LogP contribution in [0.4, 0.5) is 5.69 Å². The number of carbonyl (C=O) groups is 2. The molecule has 1 atom stereocenters. The van der Waals surface area contributed by atoms with Crippen LogP contribution in [0.5, 0.6) is 0 Å². The van der Waals surface area contributed by atoms with Crippen LogP contribution < -0.4 is 10.6 Å². The van der Waals surface area contributed by atoms with Gasteiger partial charge in [-0.15, -0.1) is 0 Å². The molecule has 1 aromatic carbocycles. The van der Waals surface area contributed by atoms with Crippen molar-refractivity contribution in [2.24, 2.45) is 0 Å². The maximum absolute atomic E-state index is 11.7. The van der Waals surface area contributed by atoms with Gasteiger partial charge in [0.25, 0.3) is 0 Å². The van der Waals surface area contributed by atoms with Gasteiger partial charge in [-0.3, -0.25) is 9.59 Å². The van der Waals surface area contributed by atoms with Crippen LogP contribution in [0.15, 0.2) is 24.3 Å². The van der Waals surface area contributed by atoms with Crippen molar-refractivity contribution in [2.45, 2.75) is 32.7 Å². The fourth-order valence-corrected chi connectivity index (χ4v) is 1.61. The van der Waals surface area contributed by atoms with Crippen LogP contribution in [0.2, 0.25) is 0 Å². The Morgan fingerprint density at radius 3 is 2.37 bits per heavy atom. The number of aliphatic hydroxyl groups excluding tert-OH is 1. The SMILES string of the molecule is CCC(CCO)NC(=O)C(=O)Nc1ccc(C)cc1. The van der Waals surface area contributed by atoms with Crippen molar-refractivity contribution in [3.8, 4) is 0 Å². The molecule has 1 rings (SSSR count). The van der Waals surface area contributed by atoms with Crippen LogP contribution in [0, 0.1) is 6.92 Å². The minimum atomic E-state index is -0.694. The molecule has 0 heterocycles. The zero-order valence-electron chi connectivity index (χ0n) is 11.3. The minimum Gasteiger partial charge on any atom is -0.396 e. The average Bonchev–Trinajstić information content (AvgIpc) is 2.40. The molecule has 0 saturated heterocycles. The van der Waals surface area contributed by atoms with Gasteiger partial charge in [-0.25, -0.2) is 0 Å². The van der Waals surface area contributed by atoms with Gasteiger partial charge in [0.1, 0.15) is 0 Å².